The number of piperazine rings is 1. The van der Waals surface area contributed by atoms with Gasteiger partial charge < -0.3 is 10.0 Å². The third-order valence-corrected chi connectivity index (χ3v) is 4.09. The van der Waals surface area contributed by atoms with Crippen molar-refractivity contribution >= 4 is 11.9 Å². The molecule has 2 rings (SSSR count). The zero-order valence-corrected chi connectivity index (χ0v) is 11.0. The van der Waals surface area contributed by atoms with E-state index < -0.39 is 11.9 Å². The van der Waals surface area contributed by atoms with E-state index in [9.17, 15) is 9.59 Å². The lowest BCUT2D eigenvalue weighted by atomic mass is 9.98. The Morgan fingerprint density at radius 1 is 1.28 bits per heavy atom. The second-order valence-electron chi connectivity index (χ2n) is 5.47. The van der Waals surface area contributed by atoms with E-state index in [1.807, 2.05) is 4.90 Å². The van der Waals surface area contributed by atoms with Crippen LogP contribution in [0.5, 0.6) is 0 Å². The van der Waals surface area contributed by atoms with Crippen molar-refractivity contribution < 1.29 is 14.7 Å². The van der Waals surface area contributed by atoms with Crippen molar-refractivity contribution in [2.24, 2.45) is 5.92 Å². The Morgan fingerprint density at radius 2 is 2.06 bits per heavy atom. The molecule has 2 fully saturated rings. The van der Waals surface area contributed by atoms with Crippen molar-refractivity contribution in [3.8, 4) is 0 Å². The van der Waals surface area contributed by atoms with Gasteiger partial charge >= 0.3 is 5.97 Å². The Kier molecular flexibility index (Phi) is 4.22. The van der Waals surface area contributed by atoms with Crippen molar-refractivity contribution in [3.05, 3.63) is 0 Å². The Balaban J connectivity index is 1.86. The van der Waals surface area contributed by atoms with Crippen LogP contribution in [-0.2, 0) is 9.59 Å². The molecule has 0 spiro atoms. The zero-order chi connectivity index (χ0) is 13.1. The second kappa shape index (κ2) is 5.69. The Labute approximate surface area is 108 Å². The molecular weight excluding hydrogens is 232 g/mol. The summed E-state index contributed by atoms with van der Waals surface area (Å²) in [7, 11) is 0. The molecule has 2 atom stereocenters. The van der Waals surface area contributed by atoms with Crippen LogP contribution in [0.1, 0.15) is 32.6 Å². The first-order valence-electron chi connectivity index (χ1n) is 6.82. The molecule has 1 N–H and O–H groups in total. The second-order valence-corrected chi connectivity index (χ2v) is 5.47. The molecule has 2 aliphatic rings. The standard InChI is InChI=1S/C13H22N2O3/c1-10(13(17)18)8-12(16)15-7-6-14-5-3-2-4-11(14)9-15/h10-11H,2-9H2,1H3,(H,17,18). The van der Waals surface area contributed by atoms with Crippen LogP contribution in [0.15, 0.2) is 0 Å². The molecule has 2 heterocycles. The predicted octanol–water partition coefficient (Wildman–Crippen LogP) is 0.794. The molecule has 0 aromatic heterocycles. The highest BCUT2D eigenvalue weighted by Crippen LogP contribution is 2.21. The molecule has 2 aliphatic heterocycles. The van der Waals surface area contributed by atoms with Gasteiger partial charge in [0, 0.05) is 32.1 Å². The van der Waals surface area contributed by atoms with Gasteiger partial charge in [-0.25, -0.2) is 0 Å². The smallest absolute Gasteiger partial charge is 0.306 e. The fourth-order valence-corrected chi connectivity index (χ4v) is 2.86. The van der Waals surface area contributed by atoms with Crippen molar-refractivity contribution in [1.82, 2.24) is 9.80 Å². The van der Waals surface area contributed by atoms with Gasteiger partial charge in [-0.15, -0.1) is 0 Å². The summed E-state index contributed by atoms with van der Waals surface area (Å²) in [6.07, 6.45) is 3.80. The summed E-state index contributed by atoms with van der Waals surface area (Å²) in [5, 5.41) is 8.84. The van der Waals surface area contributed by atoms with E-state index in [0.29, 0.717) is 6.04 Å². The van der Waals surface area contributed by atoms with Crippen molar-refractivity contribution in [3.63, 3.8) is 0 Å². The number of carboxylic acid groups (broad SMARTS) is 1. The normalized spacial score (nSPS) is 26.5. The fourth-order valence-electron chi connectivity index (χ4n) is 2.86. The van der Waals surface area contributed by atoms with Gasteiger partial charge in [0.25, 0.3) is 0 Å². The minimum absolute atomic E-state index is 0.00452. The van der Waals surface area contributed by atoms with Crippen molar-refractivity contribution in [2.45, 2.75) is 38.6 Å². The molecule has 1 amide bonds. The van der Waals surface area contributed by atoms with Gasteiger partial charge in [0.15, 0.2) is 0 Å². The summed E-state index contributed by atoms with van der Waals surface area (Å²) < 4.78 is 0. The van der Waals surface area contributed by atoms with E-state index in [0.717, 1.165) is 32.6 Å². The van der Waals surface area contributed by atoms with Crippen molar-refractivity contribution in [2.75, 3.05) is 26.2 Å². The van der Waals surface area contributed by atoms with E-state index in [4.69, 9.17) is 5.11 Å². The molecule has 5 heteroatoms. The molecule has 5 nitrogen and oxygen atoms in total. The molecule has 0 aliphatic carbocycles. The highest BCUT2D eigenvalue weighted by Gasteiger charge is 2.31. The zero-order valence-electron chi connectivity index (χ0n) is 11.0. The molecule has 0 aromatic rings. The number of amides is 1. The Hall–Kier alpha value is -1.10. The van der Waals surface area contributed by atoms with Gasteiger partial charge in [0.05, 0.1) is 5.92 Å². The van der Waals surface area contributed by atoms with Crippen LogP contribution in [-0.4, -0.2) is 59.0 Å². The first-order valence-corrected chi connectivity index (χ1v) is 6.82. The van der Waals surface area contributed by atoms with E-state index >= 15 is 0 Å². The molecule has 0 saturated carbocycles. The van der Waals surface area contributed by atoms with Gasteiger partial charge in [-0.1, -0.05) is 13.3 Å². The lowest BCUT2D eigenvalue weighted by Gasteiger charge is -2.44. The van der Waals surface area contributed by atoms with E-state index in [1.54, 1.807) is 6.92 Å². The summed E-state index contributed by atoms with van der Waals surface area (Å²) >= 11 is 0. The van der Waals surface area contributed by atoms with E-state index in [-0.39, 0.29) is 12.3 Å². The number of carbonyl (C=O) groups excluding carboxylic acids is 1. The largest absolute Gasteiger partial charge is 0.481 e. The van der Waals surface area contributed by atoms with E-state index in [1.165, 1.54) is 12.8 Å². The molecule has 0 radical (unpaired) electrons. The van der Waals surface area contributed by atoms with E-state index in [2.05, 4.69) is 4.90 Å². The lowest BCUT2D eigenvalue weighted by molar-refractivity contribution is -0.146. The van der Waals surface area contributed by atoms with Gasteiger partial charge in [-0.3, -0.25) is 14.5 Å². The van der Waals surface area contributed by atoms with Crippen LogP contribution in [0, 0.1) is 5.92 Å². The van der Waals surface area contributed by atoms with Crippen molar-refractivity contribution in [1.29, 1.82) is 0 Å². The van der Waals surface area contributed by atoms with Crippen LogP contribution >= 0.6 is 0 Å². The molecule has 18 heavy (non-hydrogen) atoms. The number of fused-ring (bicyclic) bond motifs is 1. The maximum absolute atomic E-state index is 12.0. The summed E-state index contributed by atoms with van der Waals surface area (Å²) in [5.74, 6) is -1.48. The predicted molar refractivity (Wildman–Crippen MR) is 67.2 cm³/mol. The maximum Gasteiger partial charge on any atom is 0.306 e. The fraction of sp³-hybridized carbons (Fsp3) is 0.846. The number of rotatable bonds is 3. The minimum atomic E-state index is -0.889. The summed E-state index contributed by atoms with van der Waals surface area (Å²) in [6.45, 7) is 5.22. The van der Waals surface area contributed by atoms with Gasteiger partial charge in [-0.05, 0) is 19.4 Å². The first kappa shape index (κ1) is 13.3. The van der Waals surface area contributed by atoms with Crippen LogP contribution in [0.4, 0.5) is 0 Å². The molecule has 2 unspecified atom stereocenters. The summed E-state index contributed by atoms with van der Waals surface area (Å²) in [5.41, 5.74) is 0. The number of piperidine rings is 1. The average molecular weight is 254 g/mol. The monoisotopic (exact) mass is 254 g/mol. The molecule has 0 aromatic carbocycles. The topological polar surface area (TPSA) is 60.9 Å². The number of hydrogen-bond acceptors (Lipinski definition) is 3. The number of carbonyl (C=O) groups is 2. The number of carboxylic acids is 1. The van der Waals surface area contributed by atoms with Gasteiger partial charge in [-0.2, -0.15) is 0 Å². The third-order valence-electron chi connectivity index (χ3n) is 4.09. The average Bonchev–Trinajstić information content (AvgIpc) is 2.37. The highest BCUT2D eigenvalue weighted by atomic mass is 16.4. The number of aliphatic carboxylic acids is 1. The van der Waals surface area contributed by atoms with Crippen LogP contribution in [0.3, 0.4) is 0 Å². The maximum atomic E-state index is 12.0. The van der Waals surface area contributed by atoms with Crippen LogP contribution in [0.25, 0.3) is 0 Å². The number of hydrogen-bond donors (Lipinski definition) is 1. The summed E-state index contributed by atoms with van der Waals surface area (Å²) in [4.78, 5) is 27.1. The van der Waals surface area contributed by atoms with Gasteiger partial charge in [0.2, 0.25) is 5.91 Å². The first-order chi connectivity index (χ1) is 8.58. The van der Waals surface area contributed by atoms with Gasteiger partial charge in [0.1, 0.15) is 0 Å². The number of nitrogens with zero attached hydrogens (tertiary/aromatic N) is 2. The Bertz CT molecular complexity index is 332. The minimum Gasteiger partial charge on any atom is -0.481 e. The molecule has 0 bridgehead atoms. The molecule has 102 valence electrons. The SMILES string of the molecule is CC(CC(=O)N1CCN2CCCCC2C1)C(=O)O. The lowest BCUT2D eigenvalue weighted by Crippen LogP contribution is -2.56. The van der Waals surface area contributed by atoms with Crippen LogP contribution in [0.2, 0.25) is 0 Å². The van der Waals surface area contributed by atoms with Crippen LogP contribution < -0.4 is 0 Å². The molecule has 2 saturated heterocycles. The quantitative estimate of drug-likeness (QED) is 0.809. The third kappa shape index (κ3) is 3.02. The highest BCUT2D eigenvalue weighted by molar-refractivity contribution is 5.82. The molecular formula is C13H22N2O3. The summed E-state index contributed by atoms with van der Waals surface area (Å²) in [6, 6.07) is 0.497. The Morgan fingerprint density at radius 3 is 2.78 bits per heavy atom.